The molecule has 4 heterocycles. The molecule has 4 aromatic heterocycles. The van der Waals surface area contributed by atoms with Crippen LogP contribution in [0.2, 0.25) is 0 Å². The van der Waals surface area contributed by atoms with Crippen molar-refractivity contribution in [3.8, 4) is 74.0 Å². The molecule has 0 fully saturated rings. The molecule has 0 spiro atoms. The minimum absolute atomic E-state index is 0.350. The maximum absolute atomic E-state index is 7.03. The Morgan fingerprint density at radius 3 is 1.51 bits per heavy atom. The Bertz CT molecular complexity index is 3430. The maximum atomic E-state index is 7.03. The Morgan fingerprint density at radius 2 is 0.952 bits per heavy atom. The molecule has 0 bridgehead atoms. The minimum atomic E-state index is 0.350. The average Bonchev–Trinajstić information content (AvgIpc) is 3.90. The van der Waals surface area contributed by atoms with Gasteiger partial charge in [0.15, 0.2) is 40.5 Å². The molecule has 1 aliphatic rings. The van der Waals surface area contributed by atoms with Crippen LogP contribution in [0.25, 0.3) is 113 Å². The molecular formula is C55H37N7O. The molecule has 1 aliphatic carbocycles. The number of fused-ring (bicyclic) bond motifs is 7. The molecule has 12 rings (SSSR count). The fraction of sp³-hybridized carbons (Fsp3) is 0.0545. The second kappa shape index (κ2) is 15.0. The zero-order chi connectivity index (χ0) is 41.9. The third-order valence-electron chi connectivity index (χ3n) is 11.8. The van der Waals surface area contributed by atoms with Gasteiger partial charge in [-0.25, -0.2) is 29.9 Å². The second-order valence-electron chi connectivity index (χ2n) is 16.0. The summed E-state index contributed by atoms with van der Waals surface area (Å²) in [6, 6.07) is 59.6. The van der Waals surface area contributed by atoms with Crippen molar-refractivity contribution in [1.82, 2.24) is 34.5 Å². The van der Waals surface area contributed by atoms with Gasteiger partial charge in [-0.05, 0) is 30.2 Å². The van der Waals surface area contributed by atoms with Crippen molar-refractivity contribution in [2.24, 2.45) is 5.92 Å². The van der Waals surface area contributed by atoms with E-state index in [-0.39, 0.29) is 0 Å². The molecular weight excluding hydrogens is 775 g/mol. The number of rotatable bonds is 7. The van der Waals surface area contributed by atoms with E-state index in [0.29, 0.717) is 40.9 Å². The number of hydrogen-bond donors (Lipinski definition) is 0. The first-order chi connectivity index (χ1) is 31.1. The van der Waals surface area contributed by atoms with Crippen molar-refractivity contribution >= 4 is 38.9 Å². The fourth-order valence-electron chi connectivity index (χ4n) is 8.82. The first-order valence-corrected chi connectivity index (χ1v) is 21.2. The monoisotopic (exact) mass is 811 g/mol. The fourth-order valence-corrected chi connectivity index (χ4v) is 8.82. The number of nitrogens with zero attached hydrogens (tertiary/aromatic N) is 7. The lowest BCUT2D eigenvalue weighted by molar-refractivity contribution is 0.514. The summed E-state index contributed by atoms with van der Waals surface area (Å²) in [6.07, 6.45) is 5.29. The lowest BCUT2D eigenvalue weighted by Crippen LogP contribution is -2.01. The number of hydrogen-bond acceptors (Lipinski definition) is 7. The highest BCUT2D eigenvalue weighted by atomic mass is 16.3. The molecule has 0 saturated heterocycles. The van der Waals surface area contributed by atoms with E-state index in [9.17, 15) is 0 Å². The third kappa shape index (κ3) is 6.39. The van der Waals surface area contributed by atoms with Crippen molar-refractivity contribution in [1.29, 1.82) is 0 Å². The Labute approximate surface area is 363 Å². The van der Waals surface area contributed by atoms with Gasteiger partial charge in [0, 0.05) is 67.2 Å². The maximum Gasteiger partial charge on any atom is 0.164 e. The van der Waals surface area contributed by atoms with Gasteiger partial charge in [0.2, 0.25) is 0 Å². The number of para-hydroxylation sites is 1. The molecule has 11 aromatic rings. The van der Waals surface area contributed by atoms with Crippen LogP contribution in [-0.2, 0) is 6.42 Å². The predicted octanol–water partition coefficient (Wildman–Crippen LogP) is 13.1. The normalized spacial score (nSPS) is 13.5. The van der Waals surface area contributed by atoms with E-state index < -0.39 is 0 Å². The standard InChI is InChI=1S/C55H37N7O/c1-34-29-30-41-43-33-44(55-60-52(37-21-10-4-11-22-37)57-53(61-55)38-23-12-5-13-24-38)47-42-27-14-15-28-45(42)62(48(47)49(43)63-46(41)31-34)40-26-16-25-39(32-40)54-58-50(35-17-6-2-7-18-35)56-51(59-54)36-19-8-3-9-20-36/h2-30,32-34H,31H2,1H3. The van der Waals surface area contributed by atoms with Gasteiger partial charge in [0.1, 0.15) is 5.76 Å². The van der Waals surface area contributed by atoms with Gasteiger partial charge in [-0.15, -0.1) is 0 Å². The second-order valence-corrected chi connectivity index (χ2v) is 16.0. The molecule has 8 nitrogen and oxygen atoms in total. The van der Waals surface area contributed by atoms with E-state index in [1.54, 1.807) is 0 Å². The third-order valence-corrected chi connectivity index (χ3v) is 11.8. The van der Waals surface area contributed by atoms with Crippen LogP contribution < -0.4 is 0 Å². The topological polar surface area (TPSA) is 95.4 Å². The Kier molecular flexibility index (Phi) is 8.67. The highest BCUT2D eigenvalue weighted by molar-refractivity contribution is 6.23. The number of allylic oxidation sites excluding steroid dienone is 1. The Hall–Kier alpha value is -8.36. The first kappa shape index (κ1) is 36.5. The van der Waals surface area contributed by atoms with Crippen LogP contribution in [0.4, 0.5) is 0 Å². The van der Waals surface area contributed by atoms with E-state index in [1.807, 2.05) is 121 Å². The number of benzene rings is 7. The van der Waals surface area contributed by atoms with Gasteiger partial charge in [-0.2, -0.15) is 0 Å². The molecule has 298 valence electrons. The highest BCUT2D eigenvalue weighted by Crippen LogP contribution is 2.46. The smallest absolute Gasteiger partial charge is 0.164 e. The summed E-state index contributed by atoms with van der Waals surface area (Å²) in [5.74, 6) is 4.92. The molecule has 0 aliphatic heterocycles. The molecule has 8 heteroatoms. The zero-order valence-electron chi connectivity index (χ0n) is 34.2. The number of furan rings is 1. The average molecular weight is 812 g/mol. The summed E-state index contributed by atoms with van der Waals surface area (Å²) in [6.45, 7) is 2.23. The van der Waals surface area contributed by atoms with E-state index in [1.165, 1.54) is 0 Å². The van der Waals surface area contributed by atoms with Gasteiger partial charge in [0.25, 0.3) is 0 Å². The molecule has 1 unspecified atom stereocenters. The summed E-state index contributed by atoms with van der Waals surface area (Å²) in [4.78, 5) is 30.7. The molecule has 63 heavy (non-hydrogen) atoms. The van der Waals surface area contributed by atoms with E-state index in [4.69, 9.17) is 34.3 Å². The van der Waals surface area contributed by atoms with Crippen molar-refractivity contribution in [2.75, 3.05) is 0 Å². The summed E-state index contributed by atoms with van der Waals surface area (Å²) < 4.78 is 9.35. The molecule has 0 radical (unpaired) electrons. The van der Waals surface area contributed by atoms with Crippen molar-refractivity contribution in [3.63, 3.8) is 0 Å². The number of aromatic nitrogens is 7. The van der Waals surface area contributed by atoms with Gasteiger partial charge in [-0.3, -0.25) is 0 Å². The Balaban J connectivity index is 1.14. The van der Waals surface area contributed by atoms with E-state index in [2.05, 4.69) is 78.2 Å². The van der Waals surface area contributed by atoms with Crippen molar-refractivity contribution in [2.45, 2.75) is 13.3 Å². The highest BCUT2D eigenvalue weighted by Gasteiger charge is 2.28. The van der Waals surface area contributed by atoms with E-state index >= 15 is 0 Å². The SMILES string of the molecule is CC1C=Cc2c(oc3c2cc(-c2nc(-c4ccccc4)nc(-c4ccccc4)n2)c2c4ccccc4n(-c4cccc(-c5nc(-c6ccccc6)nc(-c6ccccc6)n5)c4)c32)C1. The van der Waals surface area contributed by atoms with Crippen LogP contribution in [0.3, 0.4) is 0 Å². The van der Waals surface area contributed by atoms with Crippen LogP contribution >= 0.6 is 0 Å². The summed E-state index contributed by atoms with van der Waals surface area (Å²) in [7, 11) is 0. The van der Waals surface area contributed by atoms with Crippen LogP contribution in [0.5, 0.6) is 0 Å². The van der Waals surface area contributed by atoms with Crippen LogP contribution in [0.1, 0.15) is 18.2 Å². The van der Waals surface area contributed by atoms with Crippen molar-refractivity contribution in [3.05, 3.63) is 193 Å². The van der Waals surface area contributed by atoms with Crippen molar-refractivity contribution < 1.29 is 4.42 Å². The molecule has 0 N–H and O–H groups in total. The Morgan fingerprint density at radius 1 is 0.476 bits per heavy atom. The molecule has 1 atom stereocenters. The van der Waals surface area contributed by atoms with Crippen LogP contribution in [0, 0.1) is 5.92 Å². The lowest BCUT2D eigenvalue weighted by Gasteiger charge is -2.13. The quantitative estimate of drug-likeness (QED) is 0.158. The first-order valence-electron chi connectivity index (χ1n) is 21.2. The predicted molar refractivity (Wildman–Crippen MR) is 252 cm³/mol. The zero-order valence-corrected chi connectivity index (χ0v) is 34.2. The summed E-state index contributed by atoms with van der Waals surface area (Å²) in [5, 5.41) is 3.05. The summed E-state index contributed by atoms with van der Waals surface area (Å²) >= 11 is 0. The molecule has 0 saturated carbocycles. The minimum Gasteiger partial charge on any atom is -0.458 e. The van der Waals surface area contributed by atoms with E-state index in [0.717, 1.165) is 89.6 Å². The van der Waals surface area contributed by atoms with Gasteiger partial charge in [0.05, 0.1) is 11.0 Å². The van der Waals surface area contributed by atoms with Gasteiger partial charge < -0.3 is 8.98 Å². The van der Waals surface area contributed by atoms with Crippen LogP contribution in [0.15, 0.2) is 186 Å². The van der Waals surface area contributed by atoms with Gasteiger partial charge in [-0.1, -0.05) is 171 Å². The molecule has 7 aromatic carbocycles. The van der Waals surface area contributed by atoms with Gasteiger partial charge >= 0.3 is 0 Å². The largest absolute Gasteiger partial charge is 0.458 e. The molecule has 0 amide bonds. The van der Waals surface area contributed by atoms with Crippen LogP contribution in [-0.4, -0.2) is 34.5 Å². The lowest BCUT2D eigenvalue weighted by atomic mass is 9.94. The summed E-state index contributed by atoms with van der Waals surface area (Å²) in [5.41, 5.74) is 10.2.